The van der Waals surface area contributed by atoms with E-state index in [2.05, 4.69) is 23.0 Å². The Morgan fingerprint density at radius 2 is 2.12 bits per heavy atom. The predicted molar refractivity (Wildman–Crippen MR) is 67.9 cm³/mol. The van der Waals surface area contributed by atoms with Crippen LogP contribution in [0.1, 0.15) is 43.9 Å². The Kier molecular flexibility index (Phi) is 3.37. The summed E-state index contributed by atoms with van der Waals surface area (Å²) in [5, 5.41) is 13.6. The summed E-state index contributed by atoms with van der Waals surface area (Å²) >= 11 is 0. The number of aryl methyl sites for hydroxylation is 2. The lowest BCUT2D eigenvalue weighted by molar-refractivity contribution is 0.591. The first-order valence-electron chi connectivity index (χ1n) is 6.39. The van der Waals surface area contributed by atoms with Crippen molar-refractivity contribution in [3.05, 3.63) is 11.3 Å². The molecule has 0 spiro atoms. The van der Waals surface area contributed by atoms with Gasteiger partial charge in [-0.05, 0) is 26.7 Å². The van der Waals surface area contributed by atoms with Crippen LogP contribution in [0.3, 0.4) is 0 Å². The zero-order chi connectivity index (χ0) is 12.4. The lowest BCUT2D eigenvalue weighted by Gasteiger charge is -2.29. The van der Waals surface area contributed by atoms with Crippen LogP contribution in [0.25, 0.3) is 0 Å². The van der Waals surface area contributed by atoms with Gasteiger partial charge in [0.15, 0.2) is 0 Å². The molecule has 17 heavy (non-hydrogen) atoms. The Hall–Kier alpha value is -1.50. The highest BCUT2D eigenvalue weighted by molar-refractivity contribution is 5.57. The molecule has 0 N–H and O–H groups in total. The van der Waals surface area contributed by atoms with E-state index in [0.29, 0.717) is 6.04 Å². The molecular formula is C13H20N4. The van der Waals surface area contributed by atoms with Crippen molar-refractivity contribution < 1.29 is 0 Å². The van der Waals surface area contributed by atoms with E-state index in [1.165, 1.54) is 25.7 Å². The zero-order valence-electron chi connectivity index (χ0n) is 10.9. The van der Waals surface area contributed by atoms with Gasteiger partial charge in [0.1, 0.15) is 17.5 Å². The Balaban J connectivity index is 2.39. The van der Waals surface area contributed by atoms with Gasteiger partial charge in [0.25, 0.3) is 0 Å². The van der Waals surface area contributed by atoms with Gasteiger partial charge >= 0.3 is 0 Å². The van der Waals surface area contributed by atoms with Crippen molar-refractivity contribution in [1.29, 1.82) is 5.26 Å². The Labute approximate surface area is 103 Å². The van der Waals surface area contributed by atoms with Crippen molar-refractivity contribution in [2.24, 2.45) is 7.05 Å². The SMILES string of the molecule is CCN(c1c(C#N)c(C)nn1C)C1CCCC1. The van der Waals surface area contributed by atoms with Gasteiger partial charge in [-0.3, -0.25) is 4.68 Å². The zero-order valence-corrected chi connectivity index (χ0v) is 10.9. The van der Waals surface area contributed by atoms with E-state index >= 15 is 0 Å². The molecule has 0 bridgehead atoms. The second-order valence-corrected chi connectivity index (χ2v) is 4.74. The van der Waals surface area contributed by atoms with Crippen LogP contribution in [0.5, 0.6) is 0 Å². The molecule has 1 aromatic rings. The molecular weight excluding hydrogens is 212 g/mol. The minimum Gasteiger partial charge on any atom is -0.353 e. The van der Waals surface area contributed by atoms with Crippen LogP contribution in [0.15, 0.2) is 0 Å². The van der Waals surface area contributed by atoms with Crippen LogP contribution in [-0.4, -0.2) is 22.4 Å². The van der Waals surface area contributed by atoms with E-state index in [0.717, 1.165) is 23.6 Å². The van der Waals surface area contributed by atoms with Crippen molar-refractivity contribution in [2.45, 2.75) is 45.6 Å². The Morgan fingerprint density at radius 3 is 2.65 bits per heavy atom. The maximum Gasteiger partial charge on any atom is 0.145 e. The summed E-state index contributed by atoms with van der Waals surface area (Å²) in [7, 11) is 1.93. The minimum absolute atomic E-state index is 0.585. The van der Waals surface area contributed by atoms with Crippen LogP contribution in [-0.2, 0) is 7.05 Å². The van der Waals surface area contributed by atoms with Gasteiger partial charge in [0, 0.05) is 19.6 Å². The Bertz CT molecular complexity index is 435. The fourth-order valence-electron chi connectivity index (χ4n) is 2.90. The second-order valence-electron chi connectivity index (χ2n) is 4.74. The third-order valence-electron chi connectivity index (χ3n) is 3.68. The summed E-state index contributed by atoms with van der Waals surface area (Å²) in [6, 6.07) is 2.88. The van der Waals surface area contributed by atoms with Crippen molar-refractivity contribution >= 4 is 5.82 Å². The smallest absolute Gasteiger partial charge is 0.145 e. The molecule has 1 aliphatic rings. The molecule has 1 fully saturated rings. The predicted octanol–water partition coefficient (Wildman–Crippen LogP) is 2.37. The largest absolute Gasteiger partial charge is 0.353 e. The summed E-state index contributed by atoms with van der Waals surface area (Å²) in [6.45, 7) is 5.00. The van der Waals surface area contributed by atoms with E-state index in [4.69, 9.17) is 0 Å². The lowest BCUT2D eigenvalue weighted by Crippen LogP contribution is -2.35. The number of hydrogen-bond acceptors (Lipinski definition) is 3. The summed E-state index contributed by atoms with van der Waals surface area (Å²) in [5.74, 6) is 0.999. The maximum absolute atomic E-state index is 9.27. The fourth-order valence-corrected chi connectivity index (χ4v) is 2.90. The fraction of sp³-hybridized carbons (Fsp3) is 0.692. The Morgan fingerprint density at radius 1 is 1.47 bits per heavy atom. The van der Waals surface area contributed by atoms with Crippen LogP contribution < -0.4 is 4.90 Å². The second kappa shape index (κ2) is 4.79. The molecule has 0 amide bonds. The van der Waals surface area contributed by atoms with Crippen molar-refractivity contribution in [3.8, 4) is 6.07 Å². The molecule has 1 aromatic heterocycles. The van der Waals surface area contributed by atoms with Crippen LogP contribution in [0, 0.1) is 18.3 Å². The topological polar surface area (TPSA) is 44.9 Å². The first kappa shape index (κ1) is 12.0. The summed E-state index contributed by atoms with van der Waals surface area (Å²) in [4.78, 5) is 2.35. The molecule has 1 heterocycles. The van der Waals surface area contributed by atoms with Crippen molar-refractivity contribution in [2.75, 3.05) is 11.4 Å². The molecule has 0 saturated heterocycles. The summed E-state index contributed by atoms with van der Waals surface area (Å²) in [6.07, 6.45) is 5.09. The quantitative estimate of drug-likeness (QED) is 0.803. The van der Waals surface area contributed by atoms with Gasteiger partial charge < -0.3 is 4.90 Å². The normalized spacial score (nSPS) is 16.1. The highest BCUT2D eigenvalue weighted by Crippen LogP contribution is 2.30. The number of anilines is 1. The molecule has 1 saturated carbocycles. The average Bonchev–Trinajstić information content (AvgIpc) is 2.90. The van der Waals surface area contributed by atoms with E-state index in [-0.39, 0.29) is 0 Å². The highest BCUT2D eigenvalue weighted by Gasteiger charge is 2.26. The third kappa shape index (κ3) is 2.02. The third-order valence-corrected chi connectivity index (χ3v) is 3.68. The molecule has 92 valence electrons. The first-order chi connectivity index (χ1) is 8.19. The van der Waals surface area contributed by atoms with Crippen LogP contribution >= 0.6 is 0 Å². The van der Waals surface area contributed by atoms with E-state index in [1.54, 1.807) is 0 Å². The van der Waals surface area contributed by atoms with Crippen LogP contribution in [0.2, 0.25) is 0 Å². The number of nitrogens with zero attached hydrogens (tertiary/aromatic N) is 4. The van der Waals surface area contributed by atoms with Gasteiger partial charge in [-0.25, -0.2) is 0 Å². The molecule has 0 aliphatic heterocycles. The van der Waals surface area contributed by atoms with Crippen molar-refractivity contribution in [3.63, 3.8) is 0 Å². The van der Waals surface area contributed by atoms with E-state index in [9.17, 15) is 5.26 Å². The van der Waals surface area contributed by atoms with Gasteiger partial charge in [0.2, 0.25) is 0 Å². The molecule has 0 aromatic carbocycles. The molecule has 0 unspecified atom stereocenters. The molecule has 4 heteroatoms. The summed E-state index contributed by atoms with van der Waals surface area (Å²) in [5.41, 5.74) is 1.57. The first-order valence-corrected chi connectivity index (χ1v) is 6.39. The number of hydrogen-bond donors (Lipinski definition) is 0. The molecule has 0 radical (unpaired) electrons. The van der Waals surface area contributed by atoms with Gasteiger partial charge in [-0.1, -0.05) is 12.8 Å². The van der Waals surface area contributed by atoms with Gasteiger partial charge in [-0.15, -0.1) is 0 Å². The summed E-state index contributed by atoms with van der Waals surface area (Å²) < 4.78 is 1.86. The molecule has 4 nitrogen and oxygen atoms in total. The standard InChI is InChI=1S/C13H20N4/c1-4-17(11-7-5-6-8-11)13-12(9-14)10(2)15-16(13)3/h11H,4-8H2,1-3H3. The molecule has 2 rings (SSSR count). The number of nitriles is 1. The van der Waals surface area contributed by atoms with Gasteiger partial charge in [-0.2, -0.15) is 10.4 Å². The lowest BCUT2D eigenvalue weighted by atomic mass is 10.1. The molecule has 0 atom stereocenters. The monoisotopic (exact) mass is 232 g/mol. The van der Waals surface area contributed by atoms with Crippen molar-refractivity contribution in [1.82, 2.24) is 9.78 Å². The number of aromatic nitrogens is 2. The maximum atomic E-state index is 9.27. The van der Waals surface area contributed by atoms with E-state index in [1.807, 2.05) is 18.7 Å². The minimum atomic E-state index is 0.585. The highest BCUT2D eigenvalue weighted by atomic mass is 15.4. The van der Waals surface area contributed by atoms with Crippen LogP contribution in [0.4, 0.5) is 5.82 Å². The van der Waals surface area contributed by atoms with Gasteiger partial charge in [0.05, 0.1) is 5.69 Å². The van der Waals surface area contributed by atoms with E-state index < -0.39 is 0 Å². The molecule has 1 aliphatic carbocycles. The average molecular weight is 232 g/mol. The number of rotatable bonds is 3.